The van der Waals surface area contributed by atoms with Gasteiger partial charge in [-0.1, -0.05) is 18.2 Å². The molecule has 6 heteroatoms. The highest BCUT2D eigenvalue weighted by molar-refractivity contribution is 5.91. The Morgan fingerprint density at radius 3 is 2.86 bits per heavy atom. The van der Waals surface area contributed by atoms with Crippen molar-refractivity contribution in [2.24, 2.45) is 0 Å². The van der Waals surface area contributed by atoms with E-state index in [-0.39, 0.29) is 24.7 Å². The van der Waals surface area contributed by atoms with E-state index in [9.17, 15) is 9.18 Å². The van der Waals surface area contributed by atoms with Crippen LogP contribution in [0.3, 0.4) is 0 Å². The molecule has 0 unspecified atom stereocenters. The lowest BCUT2D eigenvalue weighted by Gasteiger charge is -2.03. The van der Waals surface area contributed by atoms with Crippen molar-refractivity contribution in [3.05, 3.63) is 59.4 Å². The number of aromatic nitrogens is 2. The van der Waals surface area contributed by atoms with Gasteiger partial charge in [-0.25, -0.2) is 9.18 Å². The Morgan fingerprint density at radius 1 is 1.41 bits per heavy atom. The van der Waals surface area contributed by atoms with Crippen LogP contribution in [0, 0.1) is 5.82 Å². The first-order valence-corrected chi connectivity index (χ1v) is 6.83. The molecule has 1 aromatic carbocycles. The van der Waals surface area contributed by atoms with Gasteiger partial charge in [0.2, 0.25) is 0 Å². The number of hydrogen-bond acceptors (Lipinski definition) is 4. The second-order valence-corrected chi connectivity index (χ2v) is 4.48. The van der Waals surface area contributed by atoms with Gasteiger partial charge in [-0.2, -0.15) is 5.10 Å². The van der Waals surface area contributed by atoms with Crippen molar-refractivity contribution in [2.75, 3.05) is 13.7 Å². The van der Waals surface area contributed by atoms with Gasteiger partial charge in [0.25, 0.3) is 0 Å². The molecular weight excluding hydrogens is 287 g/mol. The summed E-state index contributed by atoms with van der Waals surface area (Å²) in [4.78, 5) is 11.9. The molecule has 0 amide bonds. The maximum absolute atomic E-state index is 13.7. The van der Waals surface area contributed by atoms with E-state index in [1.165, 1.54) is 24.1 Å². The third-order valence-corrected chi connectivity index (χ3v) is 2.93. The van der Waals surface area contributed by atoms with Gasteiger partial charge >= 0.3 is 5.97 Å². The van der Waals surface area contributed by atoms with E-state index >= 15 is 0 Å². The molecule has 0 saturated carbocycles. The van der Waals surface area contributed by atoms with E-state index in [2.05, 4.69) is 5.10 Å². The Balaban J connectivity index is 2.31. The molecule has 0 aliphatic rings. The van der Waals surface area contributed by atoms with Crippen LogP contribution in [0.1, 0.15) is 28.5 Å². The molecule has 0 spiro atoms. The highest BCUT2D eigenvalue weighted by Crippen LogP contribution is 2.14. The summed E-state index contributed by atoms with van der Waals surface area (Å²) >= 11 is 0. The SMILES string of the molecule is CCOC(=O)c1nn(Cc2ccccc2F)cc1C=COC. The van der Waals surface area contributed by atoms with Crippen molar-refractivity contribution >= 4 is 12.0 Å². The predicted octanol–water partition coefficient (Wildman–Crippen LogP) is 2.86. The molecule has 2 aromatic rings. The quantitative estimate of drug-likeness (QED) is 0.608. The number of carbonyl (C=O) groups is 1. The standard InChI is InChI=1S/C16H17FN2O3/c1-3-22-16(20)15-13(8-9-21-2)11-19(18-15)10-12-6-4-5-7-14(12)17/h4-9,11H,3,10H2,1-2H3. The maximum Gasteiger partial charge on any atom is 0.359 e. The van der Waals surface area contributed by atoms with Crippen molar-refractivity contribution < 1.29 is 18.7 Å². The molecule has 0 aliphatic heterocycles. The van der Waals surface area contributed by atoms with Crippen LogP contribution >= 0.6 is 0 Å². The second kappa shape index (κ2) is 7.40. The van der Waals surface area contributed by atoms with E-state index in [0.717, 1.165) is 0 Å². The van der Waals surface area contributed by atoms with Crippen LogP contribution in [0.4, 0.5) is 4.39 Å². The summed E-state index contributed by atoms with van der Waals surface area (Å²) in [6, 6.07) is 6.43. The predicted molar refractivity (Wildman–Crippen MR) is 79.7 cm³/mol. The van der Waals surface area contributed by atoms with E-state index in [1.807, 2.05) is 0 Å². The summed E-state index contributed by atoms with van der Waals surface area (Å²) < 4.78 is 25.0. The van der Waals surface area contributed by atoms with Crippen molar-refractivity contribution in [1.82, 2.24) is 9.78 Å². The third kappa shape index (κ3) is 3.72. The van der Waals surface area contributed by atoms with Crippen LogP contribution in [0.15, 0.2) is 36.7 Å². The topological polar surface area (TPSA) is 53.3 Å². The number of ether oxygens (including phenoxy) is 2. The van der Waals surface area contributed by atoms with Crippen LogP contribution in [-0.2, 0) is 16.0 Å². The maximum atomic E-state index is 13.7. The Labute approximate surface area is 128 Å². The molecule has 1 aromatic heterocycles. The first-order chi connectivity index (χ1) is 10.7. The van der Waals surface area contributed by atoms with Crippen molar-refractivity contribution in [2.45, 2.75) is 13.5 Å². The van der Waals surface area contributed by atoms with Gasteiger partial charge in [0.1, 0.15) is 5.82 Å². The normalized spacial score (nSPS) is 10.9. The molecule has 5 nitrogen and oxygen atoms in total. The molecule has 0 atom stereocenters. The molecule has 2 rings (SSSR count). The molecule has 0 saturated heterocycles. The second-order valence-electron chi connectivity index (χ2n) is 4.48. The van der Waals surface area contributed by atoms with Gasteiger partial charge in [-0.15, -0.1) is 0 Å². The summed E-state index contributed by atoms with van der Waals surface area (Å²) in [5.74, 6) is -0.838. The van der Waals surface area contributed by atoms with Gasteiger partial charge in [-0.05, 0) is 19.1 Å². The van der Waals surface area contributed by atoms with Gasteiger partial charge in [0, 0.05) is 17.3 Å². The van der Waals surface area contributed by atoms with Crippen LogP contribution in [0.25, 0.3) is 6.08 Å². The van der Waals surface area contributed by atoms with Crippen LogP contribution in [-0.4, -0.2) is 29.5 Å². The van der Waals surface area contributed by atoms with Gasteiger partial charge in [0.05, 0.1) is 26.5 Å². The van der Waals surface area contributed by atoms with Crippen molar-refractivity contribution in [3.63, 3.8) is 0 Å². The lowest BCUT2D eigenvalue weighted by Crippen LogP contribution is -2.09. The highest BCUT2D eigenvalue weighted by Gasteiger charge is 2.17. The Kier molecular flexibility index (Phi) is 5.30. The smallest absolute Gasteiger partial charge is 0.359 e. The molecule has 1 heterocycles. The Bertz CT molecular complexity index is 680. The fourth-order valence-corrected chi connectivity index (χ4v) is 1.94. The first-order valence-electron chi connectivity index (χ1n) is 6.83. The van der Waals surface area contributed by atoms with Crippen LogP contribution in [0.5, 0.6) is 0 Å². The van der Waals surface area contributed by atoms with Crippen molar-refractivity contribution in [3.8, 4) is 0 Å². The van der Waals surface area contributed by atoms with Crippen molar-refractivity contribution in [1.29, 1.82) is 0 Å². The van der Waals surface area contributed by atoms with Gasteiger partial charge in [-0.3, -0.25) is 4.68 Å². The number of esters is 1. The lowest BCUT2D eigenvalue weighted by molar-refractivity contribution is 0.0518. The summed E-state index contributed by atoms with van der Waals surface area (Å²) in [7, 11) is 1.50. The summed E-state index contributed by atoms with van der Waals surface area (Å²) in [6.45, 7) is 2.20. The average Bonchev–Trinajstić information content (AvgIpc) is 2.91. The lowest BCUT2D eigenvalue weighted by atomic mass is 10.2. The van der Waals surface area contributed by atoms with Gasteiger partial charge < -0.3 is 9.47 Å². The zero-order valence-corrected chi connectivity index (χ0v) is 12.5. The average molecular weight is 304 g/mol. The zero-order valence-electron chi connectivity index (χ0n) is 12.5. The Morgan fingerprint density at radius 2 is 2.18 bits per heavy atom. The van der Waals surface area contributed by atoms with Gasteiger partial charge in [0.15, 0.2) is 5.69 Å². The number of methoxy groups -OCH3 is 1. The number of halogens is 1. The number of nitrogens with zero attached hydrogens (tertiary/aromatic N) is 2. The molecular formula is C16H17FN2O3. The van der Waals surface area contributed by atoms with E-state index in [4.69, 9.17) is 9.47 Å². The molecule has 22 heavy (non-hydrogen) atoms. The first kappa shape index (κ1) is 15.8. The molecule has 0 bridgehead atoms. The molecule has 0 radical (unpaired) electrons. The third-order valence-electron chi connectivity index (χ3n) is 2.93. The minimum atomic E-state index is -0.523. The van der Waals surface area contributed by atoms with Crippen LogP contribution in [0.2, 0.25) is 0 Å². The van der Waals surface area contributed by atoms with E-state index in [0.29, 0.717) is 11.1 Å². The van der Waals surface area contributed by atoms with Crippen LogP contribution < -0.4 is 0 Å². The Hall–Kier alpha value is -2.63. The fraction of sp³-hybridized carbons (Fsp3) is 0.250. The summed E-state index contributed by atoms with van der Waals surface area (Å²) in [6.07, 6.45) is 4.69. The molecule has 0 fully saturated rings. The molecule has 116 valence electrons. The molecule has 0 N–H and O–H groups in total. The van der Waals surface area contributed by atoms with E-state index < -0.39 is 5.97 Å². The minimum absolute atomic E-state index is 0.173. The number of carbonyl (C=O) groups excluding carboxylic acids is 1. The highest BCUT2D eigenvalue weighted by atomic mass is 19.1. The number of rotatable bonds is 6. The largest absolute Gasteiger partial charge is 0.504 e. The fourth-order valence-electron chi connectivity index (χ4n) is 1.94. The molecule has 0 aliphatic carbocycles. The summed E-state index contributed by atoms with van der Waals surface area (Å²) in [5.41, 5.74) is 1.21. The zero-order chi connectivity index (χ0) is 15.9. The minimum Gasteiger partial charge on any atom is -0.504 e. The monoisotopic (exact) mass is 304 g/mol. The summed E-state index contributed by atoms with van der Waals surface area (Å²) in [5, 5.41) is 4.19. The number of hydrogen-bond donors (Lipinski definition) is 0. The van der Waals surface area contributed by atoms with E-state index in [1.54, 1.807) is 37.4 Å². The number of benzene rings is 1.